The van der Waals surface area contributed by atoms with Crippen LogP contribution in [-0.4, -0.2) is 23.1 Å². The molecule has 0 spiro atoms. The maximum absolute atomic E-state index is 10.5. The molecule has 0 amide bonds. The lowest BCUT2D eigenvalue weighted by atomic mass is 9.96. The molecule has 0 unspecified atom stereocenters. The summed E-state index contributed by atoms with van der Waals surface area (Å²) in [5, 5.41) is 10.5. The summed E-state index contributed by atoms with van der Waals surface area (Å²) in [6, 6.07) is 4.47. The second-order valence-corrected chi connectivity index (χ2v) is 6.34. The molecule has 0 aliphatic carbocycles. The van der Waals surface area contributed by atoms with Crippen molar-refractivity contribution in [3.05, 3.63) is 28.8 Å². The minimum Gasteiger partial charge on any atom is -0.507 e. The minimum atomic E-state index is 0.559. The third kappa shape index (κ3) is 6.00. The number of unbranched alkanes of at least 4 members (excludes halogenated alkanes) is 2. The Morgan fingerprint density at radius 2 is 1.41 bits per heavy atom. The first-order chi connectivity index (χ1) is 10.7. The van der Waals surface area contributed by atoms with E-state index in [0.717, 1.165) is 56.4 Å². The van der Waals surface area contributed by atoms with Crippen LogP contribution in [-0.2, 0) is 19.4 Å². The van der Waals surface area contributed by atoms with Gasteiger partial charge in [-0.2, -0.15) is 0 Å². The molecule has 0 atom stereocenters. The first-order valence-corrected chi connectivity index (χ1v) is 9.22. The number of rotatable bonds is 11. The molecule has 1 aromatic carbocycles. The minimum absolute atomic E-state index is 0.559. The summed E-state index contributed by atoms with van der Waals surface area (Å²) in [7, 11) is 0. The van der Waals surface area contributed by atoms with Crippen LogP contribution in [0.3, 0.4) is 0 Å². The highest BCUT2D eigenvalue weighted by Gasteiger charge is 2.11. The second kappa shape index (κ2) is 10.7. The van der Waals surface area contributed by atoms with Gasteiger partial charge in [-0.15, -0.1) is 0 Å². The predicted molar refractivity (Wildman–Crippen MR) is 96.6 cm³/mol. The largest absolute Gasteiger partial charge is 0.507 e. The number of phenolic OH excluding ortho intramolecular Hbond substituents is 1. The fourth-order valence-corrected chi connectivity index (χ4v) is 2.96. The molecular weight excluding hydrogens is 270 g/mol. The molecule has 0 bridgehead atoms. The Morgan fingerprint density at radius 3 is 1.82 bits per heavy atom. The van der Waals surface area contributed by atoms with Gasteiger partial charge in [0.1, 0.15) is 5.75 Å². The highest BCUT2D eigenvalue weighted by Crippen LogP contribution is 2.28. The summed E-state index contributed by atoms with van der Waals surface area (Å²) in [5.74, 6) is 0.559. The SMILES string of the molecule is CCCCc1cc(CN(CC)CCC)cc(CCCC)c1O. The molecule has 0 radical (unpaired) electrons. The second-order valence-electron chi connectivity index (χ2n) is 6.34. The van der Waals surface area contributed by atoms with Crippen LogP contribution in [0.4, 0.5) is 0 Å². The molecule has 1 rings (SSSR count). The van der Waals surface area contributed by atoms with E-state index < -0.39 is 0 Å². The average Bonchev–Trinajstić information content (AvgIpc) is 2.53. The molecule has 2 heteroatoms. The van der Waals surface area contributed by atoms with Crippen molar-refractivity contribution in [2.75, 3.05) is 13.1 Å². The lowest BCUT2D eigenvalue weighted by molar-refractivity contribution is 0.280. The van der Waals surface area contributed by atoms with Gasteiger partial charge in [0.05, 0.1) is 0 Å². The summed E-state index contributed by atoms with van der Waals surface area (Å²) in [6.45, 7) is 12.1. The molecule has 0 saturated heterocycles. The Bertz CT molecular complexity index is 399. The number of benzene rings is 1. The van der Waals surface area contributed by atoms with Crippen molar-refractivity contribution in [2.24, 2.45) is 0 Å². The van der Waals surface area contributed by atoms with Crippen molar-refractivity contribution in [1.82, 2.24) is 4.90 Å². The van der Waals surface area contributed by atoms with Crippen LogP contribution in [0, 0.1) is 0 Å². The van der Waals surface area contributed by atoms with Gasteiger partial charge < -0.3 is 5.11 Å². The van der Waals surface area contributed by atoms with Gasteiger partial charge in [0.15, 0.2) is 0 Å². The van der Waals surface area contributed by atoms with E-state index >= 15 is 0 Å². The van der Waals surface area contributed by atoms with E-state index in [2.05, 4.69) is 44.7 Å². The van der Waals surface area contributed by atoms with E-state index in [1.165, 1.54) is 24.8 Å². The van der Waals surface area contributed by atoms with E-state index in [1.807, 2.05) is 0 Å². The Balaban J connectivity index is 2.98. The summed E-state index contributed by atoms with van der Waals surface area (Å²) in [5.41, 5.74) is 3.67. The zero-order chi connectivity index (χ0) is 16.4. The number of nitrogens with zero attached hydrogens (tertiary/aromatic N) is 1. The third-order valence-corrected chi connectivity index (χ3v) is 4.32. The Morgan fingerprint density at radius 1 is 0.864 bits per heavy atom. The number of aromatic hydroxyl groups is 1. The van der Waals surface area contributed by atoms with Crippen molar-refractivity contribution in [1.29, 1.82) is 0 Å². The van der Waals surface area contributed by atoms with Crippen molar-refractivity contribution in [2.45, 2.75) is 79.2 Å². The van der Waals surface area contributed by atoms with Gasteiger partial charge in [-0.3, -0.25) is 4.90 Å². The monoisotopic (exact) mass is 305 g/mol. The number of aryl methyl sites for hydroxylation is 2. The highest BCUT2D eigenvalue weighted by molar-refractivity contribution is 5.44. The summed E-state index contributed by atoms with van der Waals surface area (Å²) >= 11 is 0. The van der Waals surface area contributed by atoms with Gasteiger partial charge in [-0.25, -0.2) is 0 Å². The van der Waals surface area contributed by atoms with Crippen LogP contribution in [0.25, 0.3) is 0 Å². The maximum Gasteiger partial charge on any atom is 0.121 e. The van der Waals surface area contributed by atoms with Crippen LogP contribution >= 0.6 is 0 Å². The van der Waals surface area contributed by atoms with E-state index in [9.17, 15) is 5.11 Å². The Hall–Kier alpha value is -1.02. The van der Waals surface area contributed by atoms with Crippen LogP contribution in [0.1, 0.15) is 76.5 Å². The van der Waals surface area contributed by atoms with Gasteiger partial charge in [0, 0.05) is 6.54 Å². The Kier molecular flexibility index (Phi) is 9.22. The quantitative estimate of drug-likeness (QED) is 0.599. The summed E-state index contributed by atoms with van der Waals surface area (Å²) in [6.07, 6.45) is 7.82. The number of hydrogen-bond donors (Lipinski definition) is 1. The smallest absolute Gasteiger partial charge is 0.121 e. The zero-order valence-electron chi connectivity index (χ0n) is 15.1. The average molecular weight is 306 g/mol. The zero-order valence-corrected chi connectivity index (χ0v) is 15.1. The van der Waals surface area contributed by atoms with Crippen molar-refractivity contribution >= 4 is 0 Å². The van der Waals surface area contributed by atoms with Crippen LogP contribution < -0.4 is 0 Å². The molecule has 126 valence electrons. The number of hydrogen-bond acceptors (Lipinski definition) is 2. The maximum atomic E-state index is 10.5. The van der Waals surface area contributed by atoms with Crippen LogP contribution in [0.5, 0.6) is 5.75 Å². The lowest BCUT2D eigenvalue weighted by Gasteiger charge is -2.21. The molecule has 0 heterocycles. The standard InChI is InChI=1S/C20H35NO/c1-5-9-11-18-14-17(16-21(8-4)13-7-3)15-19(20(18)22)12-10-6-2/h14-15,22H,5-13,16H2,1-4H3. The van der Waals surface area contributed by atoms with Gasteiger partial charge >= 0.3 is 0 Å². The molecule has 1 aromatic rings. The van der Waals surface area contributed by atoms with Gasteiger partial charge in [-0.05, 0) is 61.9 Å². The summed E-state index contributed by atoms with van der Waals surface area (Å²) < 4.78 is 0. The van der Waals surface area contributed by atoms with Crippen LogP contribution in [0.15, 0.2) is 12.1 Å². The molecule has 2 nitrogen and oxygen atoms in total. The van der Waals surface area contributed by atoms with Crippen molar-refractivity contribution in [3.8, 4) is 5.75 Å². The van der Waals surface area contributed by atoms with Crippen molar-refractivity contribution in [3.63, 3.8) is 0 Å². The topological polar surface area (TPSA) is 23.5 Å². The first-order valence-electron chi connectivity index (χ1n) is 9.22. The third-order valence-electron chi connectivity index (χ3n) is 4.32. The molecule has 0 fully saturated rings. The van der Waals surface area contributed by atoms with Gasteiger partial charge in [0.2, 0.25) is 0 Å². The predicted octanol–water partition coefficient (Wildman–Crippen LogP) is 5.31. The van der Waals surface area contributed by atoms with E-state index in [-0.39, 0.29) is 0 Å². The van der Waals surface area contributed by atoms with Crippen molar-refractivity contribution < 1.29 is 5.11 Å². The van der Waals surface area contributed by atoms with Gasteiger partial charge in [0.25, 0.3) is 0 Å². The normalized spacial score (nSPS) is 11.3. The van der Waals surface area contributed by atoms with E-state index in [4.69, 9.17) is 0 Å². The Labute approximate surface area is 137 Å². The molecule has 0 aliphatic rings. The molecule has 0 aromatic heterocycles. The molecule has 0 saturated carbocycles. The van der Waals surface area contributed by atoms with E-state index in [0.29, 0.717) is 5.75 Å². The molecule has 22 heavy (non-hydrogen) atoms. The fraction of sp³-hybridized carbons (Fsp3) is 0.700. The van der Waals surface area contributed by atoms with Gasteiger partial charge in [-0.1, -0.05) is 52.7 Å². The first kappa shape index (κ1) is 19.0. The highest BCUT2D eigenvalue weighted by atomic mass is 16.3. The van der Waals surface area contributed by atoms with Crippen LogP contribution in [0.2, 0.25) is 0 Å². The van der Waals surface area contributed by atoms with E-state index in [1.54, 1.807) is 0 Å². The fourth-order valence-electron chi connectivity index (χ4n) is 2.96. The molecule has 1 N–H and O–H groups in total. The number of phenols is 1. The lowest BCUT2D eigenvalue weighted by Crippen LogP contribution is -2.23. The molecular formula is C20H35NO. The summed E-state index contributed by atoms with van der Waals surface area (Å²) in [4.78, 5) is 2.49. The molecule has 0 aliphatic heterocycles.